The van der Waals surface area contributed by atoms with Crippen LogP contribution in [-0.4, -0.2) is 31.1 Å². The second kappa shape index (κ2) is 5.53. The van der Waals surface area contributed by atoms with Gasteiger partial charge in [-0.3, -0.25) is 4.79 Å². The summed E-state index contributed by atoms with van der Waals surface area (Å²) in [6.45, 7) is 6.79. The van der Waals surface area contributed by atoms with Crippen LogP contribution in [0.2, 0.25) is 0 Å². The predicted octanol–water partition coefficient (Wildman–Crippen LogP) is 2.43. The van der Waals surface area contributed by atoms with Crippen molar-refractivity contribution in [3.05, 3.63) is 29.8 Å². The molecule has 0 amide bonds. The molecule has 0 spiro atoms. The van der Waals surface area contributed by atoms with Crippen LogP contribution >= 0.6 is 0 Å². The number of benzene rings is 1. The molecule has 0 aromatic heterocycles. The number of ether oxygens (including phenoxy) is 1. The van der Waals surface area contributed by atoms with Gasteiger partial charge in [-0.2, -0.15) is 0 Å². The Morgan fingerprint density at radius 1 is 1.44 bits per heavy atom. The van der Waals surface area contributed by atoms with Gasteiger partial charge in [0.05, 0.1) is 12.6 Å². The van der Waals surface area contributed by atoms with Crippen molar-refractivity contribution in [1.29, 1.82) is 0 Å². The van der Waals surface area contributed by atoms with Crippen LogP contribution in [0.3, 0.4) is 0 Å². The summed E-state index contributed by atoms with van der Waals surface area (Å²) in [6, 6.07) is 9.29. The third-order valence-electron chi connectivity index (χ3n) is 3.29. The number of anilines is 1. The number of para-hydroxylation sites is 1. The van der Waals surface area contributed by atoms with Gasteiger partial charge in [0, 0.05) is 11.7 Å². The van der Waals surface area contributed by atoms with Gasteiger partial charge in [0.1, 0.15) is 6.61 Å². The maximum atomic E-state index is 10.9. The highest BCUT2D eigenvalue weighted by Crippen LogP contribution is 2.33. The first kappa shape index (κ1) is 13.1. The van der Waals surface area contributed by atoms with Crippen LogP contribution in [0.15, 0.2) is 24.3 Å². The highest BCUT2D eigenvalue weighted by atomic mass is 16.5. The molecular formula is C15H21NO2. The van der Waals surface area contributed by atoms with Gasteiger partial charge in [-0.05, 0) is 38.8 Å². The largest absolute Gasteiger partial charge is 0.372 e. The van der Waals surface area contributed by atoms with Gasteiger partial charge in [0.2, 0.25) is 0 Å². The standard InChI is InChI=1S/C15H21NO2/c1-11(2)16-14(10-18-9-12(3)17)8-13-6-4-5-7-15(13)16/h4-7,11,14H,8-10H2,1-3H3/t14-/m0/s1. The van der Waals surface area contributed by atoms with Gasteiger partial charge in [-0.25, -0.2) is 0 Å². The molecule has 3 nitrogen and oxygen atoms in total. The maximum absolute atomic E-state index is 10.9. The van der Waals surface area contributed by atoms with Gasteiger partial charge in [-0.1, -0.05) is 18.2 Å². The van der Waals surface area contributed by atoms with Crippen molar-refractivity contribution in [3.8, 4) is 0 Å². The zero-order valence-corrected chi connectivity index (χ0v) is 11.3. The van der Waals surface area contributed by atoms with E-state index in [-0.39, 0.29) is 12.4 Å². The van der Waals surface area contributed by atoms with Crippen molar-refractivity contribution in [1.82, 2.24) is 0 Å². The van der Waals surface area contributed by atoms with Crippen LogP contribution in [0.25, 0.3) is 0 Å². The van der Waals surface area contributed by atoms with E-state index in [1.54, 1.807) is 6.92 Å². The molecule has 0 saturated heterocycles. The summed E-state index contributed by atoms with van der Waals surface area (Å²) in [5.74, 6) is 0.0848. The van der Waals surface area contributed by atoms with Gasteiger partial charge >= 0.3 is 0 Å². The zero-order chi connectivity index (χ0) is 13.1. The summed E-state index contributed by atoms with van der Waals surface area (Å²) in [6.07, 6.45) is 1.01. The van der Waals surface area contributed by atoms with E-state index in [2.05, 4.69) is 43.0 Å². The minimum absolute atomic E-state index is 0.0848. The molecular weight excluding hydrogens is 226 g/mol. The van der Waals surface area contributed by atoms with E-state index in [4.69, 9.17) is 4.74 Å². The van der Waals surface area contributed by atoms with E-state index in [9.17, 15) is 4.79 Å². The Kier molecular flexibility index (Phi) is 4.02. The van der Waals surface area contributed by atoms with Gasteiger partial charge in [-0.15, -0.1) is 0 Å². The lowest BCUT2D eigenvalue weighted by Crippen LogP contribution is -2.41. The van der Waals surface area contributed by atoms with Crippen molar-refractivity contribution in [2.45, 2.75) is 39.3 Å². The Morgan fingerprint density at radius 2 is 2.17 bits per heavy atom. The summed E-state index contributed by atoms with van der Waals surface area (Å²) in [5, 5.41) is 0. The summed E-state index contributed by atoms with van der Waals surface area (Å²) in [5.41, 5.74) is 2.69. The molecule has 18 heavy (non-hydrogen) atoms. The van der Waals surface area contributed by atoms with Crippen LogP contribution in [0, 0.1) is 0 Å². The topological polar surface area (TPSA) is 29.5 Å². The molecule has 0 saturated carbocycles. The summed E-state index contributed by atoms with van der Waals surface area (Å²) >= 11 is 0. The second-order valence-corrected chi connectivity index (χ2v) is 5.20. The van der Waals surface area contributed by atoms with Crippen molar-refractivity contribution >= 4 is 11.5 Å². The maximum Gasteiger partial charge on any atom is 0.155 e. The van der Waals surface area contributed by atoms with Crippen molar-refractivity contribution in [3.63, 3.8) is 0 Å². The Labute approximate surface area is 109 Å². The average molecular weight is 247 g/mol. The molecule has 0 radical (unpaired) electrons. The minimum Gasteiger partial charge on any atom is -0.372 e. The van der Waals surface area contributed by atoms with Gasteiger partial charge in [0.25, 0.3) is 0 Å². The average Bonchev–Trinajstić information content (AvgIpc) is 2.66. The number of rotatable bonds is 5. The van der Waals surface area contributed by atoms with Crippen molar-refractivity contribution < 1.29 is 9.53 Å². The van der Waals surface area contributed by atoms with E-state index in [0.717, 1.165) is 6.42 Å². The first-order valence-electron chi connectivity index (χ1n) is 6.53. The third kappa shape index (κ3) is 2.72. The number of carbonyl (C=O) groups is 1. The molecule has 0 aliphatic carbocycles. The van der Waals surface area contributed by atoms with Crippen LogP contribution < -0.4 is 4.90 Å². The fourth-order valence-electron chi connectivity index (χ4n) is 2.66. The third-order valence-corrected chi connectivity index (χ3v) is 3.29. The molecule has 0 fully saturated rings. The lowest BCUT2D eigenvalue weighted by Gasteiger charge is -2.31. The lowest BCUT2D eigenvalue weighted by molar-refractivity contribution is -0.121. The molecule has 0 bridgehead atoms. The highest BCUT2D eigenvalue weighted by Gasteiger charge is 2.30. The summed E-state index contributed by atoms with van der Waals surface area (Å²) < 4.78 is 5.50. The number of fused-ring (bicyclic) bond motifs is 1. The number of carbonyl (C=O) groups excluding carboxylic acids is 1. The number of hydrogen-bond donors (Lipinski definition) is 0. The van der Waals surface area contributed by atoms with E-state index in [1.165, 1.54) is 11.3 Å². The van der Waals surface area contributed by atoms with Crippen molar-refractivity contribution in [2.24, 2.45) is 0 Å². The lowest BCUT2D eigenvalue weighted by atomic mass is 10.1. The van der Waals surface area contributed by atoms with E-state index >= 15 is 0 Å². The fourth-order valence-corrected chi connectivity index (χ4v) is 2.66. The van der Waals surface area contributed by atoms with Crippen LogP contribution in [0.4, 0.5) is 5.69 Å². The summed E-state index contributed by atoms with van der Waals surface area (Å²) in [7, 11) is 0. The zero-order valence-electron chi connectivity index (χ0n) is 11.3. The minimum atomic E-state index is 0.0848. The molecule has 2 rings (SSSR count). The predicted molar refractivity (Wildman–Crippen MR) is 73.0 cm³/mol. The molecule has 1 heterocycles. The Balaban J connectivity index is 2.07. The molecule has 1 aromatic carbocycles. The first-order chi connectivity index (χ1) is 8.59. The van der Waals surface area contributed by atoms with Crippen molar-refractivity contribution in [2.75, 3.05) is 18.1 Å². The smallest absolute Gasteiger partial charge is 0.155 e. The summed E-state index contributed by atoms with van der Waals surface area (Å²) in [4.78, 5) is 13.3. The van der Waals surface area contributed by atoms with Gasteiger partial charge < -0.3 is 9.64 Å². The van der Waals surface area contributed by atoms with E-state index < -0.39 is 0 Å². The SMILES string of the molecule is CC(=O)COC[C@@H]1Cc2ccccc2N1C(C)C. The molecule has 3 heteroatoms. The van der Waals surface area contributed by atoms with Crippen LogP contribution in [-0.2, 0) is 16.0 Å². The Hall–Kier alpha value is -1.35. The highest BCUT2D eigenvalue weighted by molar-refractivity contribution is 5.76. The molecule has 1 aliphatic heterocycles. The first-order valence-corrected chi connectivity index (χ1v) is 6.53. The van der Waals surface area contributed by atoms with E-state index in [0.29, 0.717) is 18.7 Å². The molecule has 0 unspecified atom stereocenters. The van der Waals surface area contributed by atoms with Gasteiger partial charge in [0.15, 0.2) is 5.78 Å². The molecule has 98 valence electrons. The number of hydrogen-bond acceptors (Lipinski definition) is 3. The Bertz CT molecular complexity index is 428. The normalized spacial score (nSPS) is 18.2. The number of ketones is 1. The monoisotopic (exact) mass is 247 g/mol. The van der Waals surface area contributed by atoms with E-state index in [1.807, 2.05) is 0 Å². The molecule has 1 aromatic rings. The number of Topliss-reactive ketones (excluding diaryl/α,β-unsaturated/α-hetero) is 1. The molecule has 0 N–H and O–H groups in total. The second-order valence-electron chi connectivity index (χ2n) is 5.20. The number of nitrogens with zero attached hydrogens (tertiary/aromatic N) is 1. The molecule has 1 aliphatic rings. The van der Waals surface area contributed by atoms with Crippen LogP contribution in [0.5, 0.6) is 0 Å². The van der Waals surface area contributed by atoms with Crippen LogP contribution in [0.1, 0.15) is 26.3 Å². The Morgan fingerprint density at radius 3 is 2.83 bits per heavy atom. The quantitative estimate of drug-likeness (QED) is 0.800. The molecule has 1 atom stereocenters. The fraction of sp³-hybridized carbons (Fsp3) is 0.533.